The summed E-state index contributed by atoms with van der Waals surface area (Å²) in [6, 6.07) is 91.6. The van der Waals surface area contributed by atoms with Gasteiger partial charge in [0.1, 0.15) is 24.2 Å². The van der Waals surface area contributed by atoms with Crippen LogP contribution < -0.4 is 27.0 Å². The summed E-state index contributed by atoms with van der Waals surface area (Å²) in [5.74, 6) is -2.28. The molecular formula is C91H103ClN6O12. The second-order valence-electron chi connectivity index (χ2n) is 25.5. The van der Waals surface area contributed by atoms with E-state index in [4.69, 9.17) is 20.3 Å². The number of nitrogens with two attached hydrogens (primary N) is 1. The molecule has 0 radical (unpaired) electrons. The molecule has 2 saturated heterocycles. The molecule has 0 bridgehead atoms. The highest BCUT2D eigenvalue weighted by Crippen LogP contribution is 2.29. The second kappa shape index (κ2) is 50.7. The van der Waals surface area contributed by atoms with E-state index in [-0.39, 0.29) is 62.5 Å². The SMILES string of the molecule is C.CCOC(=O)[C@@H](N)Cc1ccccc1.CCOC(=O)[C@H](Cc1ccccc1)NC(=O)c1ccccc1.Cl.O=C(NC(Cc1ccccc1)C(=O)N1CCC(c2ccccc2)CC1)c1ccccc1.O=C(NC(Cc1ccccc1)C(=O)O)c1ccccc1.O=C(O)c1ccccc1.c1ccc(C2CCNCC2)cc1. The summed E-state index contributed by atoms with van der Waals surface area (Å²) in [5, 5.41) is 29.3. The van der Waals surface area contributed by atoms with E-state index in [2.05, 4.69) is 75.9 Å². The number of ether oxygens (including phenoxy) is 2. The van der Waals surface area contributed by atoms with Crippen molar-refractivity contribution in [2.24, 2.45) is 5.73 Å². The van der Waals surface area contributed by atoms with Crippen molar-refractivity contribution in [1.29, 1.82) is 0 Å². The predicted molar refractivity (Wildman–Crippen MR) is 436 cm³/mol. The Bertz CT molecular complexity index is 4250. The third-order valence-electron chi connectivity index (χ3n) is 17.6. The van der Waals surface area contributed by atoms with Gasteiger partial charge in [-0.1, -0.05) is 262 Å². The number of aliphatic carboxylic acids is 1. The van der Waals surface area contributed by atoms with Gasteiger partial charge in [0.05, 0.1) is 18.8 Å². The third-order valence-corrected chi connectivity index (χ3v) is 17.6. The van der Waals surface area contributed by atoms with Crippen molar-refractivity contribution in [2.45, 2.75) is 109 Å². The molecule has 2 aliphatic heterocycles. The van der Waals surface area contributed by atoms with Crippen molar-refractivity contribution in [3.05, 3.63) is 359 Å². The molecule has 0 aromatic heterocycles. The van der Waals surface area contributed by atoms with Crippen molar-refractivity contribution >= 4 is 59.9 Å². The molecule has 12 rings (SSSR count). The topological polar surface area (TPSA) is 273 Å². The number of amides is 4. The zero-order valence-corrected chi connectivity index (χ0v) is 62.5. The first-order chi connectivity index (χ1) is 52.6. The smallest absolute Gasteiger partial charge is 0.335 e. The Morgan fingerprint density at radius 2 is 0.673 bits per heavy atom. The van der Waals surface area contributed by atoms with Gasteiger partial charge >= 0.3 is 23.9 Å². The molecule has 0 saturated carbocycles. The number of rotatable bonds is 23. The summed E-state index contributed by atoms with van der Waals surface area (Å²) in [6.45, 7) is 7.96. The van der Waals surface area contributed by atoms with E-state index in [0.29, 0.717) is 67.1 Å². The maximum Gasteiger partial charge on any atom is 0.335 e. The van der Waals surface area contributed by atoms with E-state index in [9.17, 15) is 43.5 Å². The number of carbonyl (C=O) groups is 8. The number of carbonyl (C=O) groups excluding carboxylic acids is 6. The number of aromatic carboxylic acids is 1. The number of halogens is 1. The summed E-state index contributed by atoms with van der Waals surface area (Å²) in [4.78, 5) is 97.1. The molecule has 110 heavy (non-hydrogen) atoms. The fraction of sp³-hybridized carbons (Fsp3) is 0.253. The minimum Gasteiger partial charge on any atom is -0.480 e. The molecule has 10 aromatic carbocycles. The van der Waals surface area contributed by atoms with E-state index in [1.165, 1.54) is 37.1 Å². The molecule has 576 valence electrons. The fourth-order valence-corrected chi connectivity index (χ4v) is 11.9. The minimum absolute atomic E-state index is 0. The number of piperidine rings is 2. The highest BCUT2D eigenvalue weighted by Gasteiger charge is 2.31. The zero-order chi connectivity index (χ0) is 76.9. The standard InChI is InChI=1S/C27H28N2O2.C18H19NO3.C16H15NO3.C11H15NO2.C11H15N.C7H6O2.CH4.ClH/c30-26(24-14-8-3-9-15-24)28-25(20-21-10-4-1-5-11-21)27(31)29-18-16-23(17-19-29)22-12-6-2-7-13-22;1-2-22-18(21)16(13-14-9-5-3-6-10-14)19-17(20)15-11-7-4-8-12-15;18-15(13-9-5-2-6-10-13)17-14(16(19)20)11-12-7-3-1-4-8-12;1-2-14-11(13)10(12)8-9-6-4-3-5-7-9;1-2-4-10(5-3-1)11-6-8-12-9-7-11;8-7(9)6-4-2-1-3-5-6;;/h1-15,23,25H,16-20H2,(H,28,30);3-12,16H,2,13H2,1H3,(H,19,20);1-10,14H,11H2,(H,17,18)(H,19,20);3-7,10H,2,8,12H2,1H3;1-5,11-12H,6-9H2;1-5H,(H,8,9);1H4;1H/t;16-;;10-;;;;/m.0.0..../s1. The van der Waals surface area contributed by atoms with Crippen LogP contribution in [0.2, 0.25) is 0 Å². The molecule has 10 aromatic rings. The molecule has 0 spiro atoms. The Morgan fingerprint density at radius 1 is 0.391 bits per heavy atom. The third kappa shape index (κ3) is 32.3. The van der Waals surface area contributed by atoms with Gasteiger partial charge in [0, 0.05) is 49.0 Å². The predicted octanol–water partition coefficient (Wildman–Crippen LogP) is 14.9. The van der Waals surface area contributed by atoms with Crippen LogP contribution in [0.5, 0.6) is 0 Å². The Labute approximate surface area is 653 Å². The molecule has 2 fully saturated rings. The van der Waals surface area contributed by atoms with Gasteiger partial charge in [-0.05, 0) is 153 Å². The Balaban J connectivity index is 0.000000246. The van der Waals surface area contributed by atoms with Crippen LogP contribution in [-0.2, 0) is 54.3 Å². The molecule has 8 N–H and O–H groups in total. The number of carboxylic acids is 2. The number of benzene rings is 10. The van der Waals surface area contributed by atoms with Crippen LogP contribution in [-0.4, -0.2) is 126 Å². The molecular weight excluding hydrogens is 1400 g/mol. The van der Waals surface area contributed by atoms with Gasteiger partial charge in [0.2, 0.25) is 5.91 Å². The van der Waals surface area contributed by atoms with E-state index in [1.807, 2.05) is 157 Å². The number of nitrogens with one attached hydrogen (secondary N) is 4. The fourth-order valence-electron chi connectivity index (χ4n) is 11.9. The van der Waals surface area contributed by atoms with Gasteiger partial charge in [0.15, 0.2) is 0 Å². The van der Waals surface area contributed by atoms with Crippen molar-refractivity contribution in [3.8, 4) is 0 Å². The van der Waals surface area contributed by atoms with E-state index in [0.717, 1.165) is 41.0 Å². The number of hydrogen-bond donors (Lipinski definition) is 7. The molecule has 4 atom stereocenters. The van der Waals surface area contributed by atoms with Gasteiger partial charge in [-0.2, -0.15) is 0 Å². The number of nitrogens with zero attached hydrogens (tertiary/aromatic N) is 1. The first-order valence-corrected chi connectivity index (χ1v) is 36.5. The van der Waals surface area contributed by atoms with E-state index >= 15 is 0 Å². The van der Waals surface area contributed by atoms with Crippen molar-refractivity contribution in [1.82, 2.24) is 26.2 Å². The molecule has 19 heteroatoms. The maximum atomic E-state index is 13.4. The molecule has 2 heterocycles. The summed E-state index contributed by atoms with van der Waals surface area (Å²) >= 11 is 0. The van der Waals surface area contributed by atoms with Crippen molar-refractivity contribution in [2.75, 3.05) is 39.4 Å². The number of hydrogen-bond acceptors (Lipinski definition) is 12. The monoisotopic (exact) mass is 1510 g/mol. The highest BCUT2D eigenvalue weighted by molar-refractivity contribution is 5.98. The van der Waals surface area contributed by atoms with Crippen LogP contribution >= 0.6 is 12.4 Å². The zero-order valence-electron chi connectivity index (χ0n) is 61.6. The summed E-state index contributed by atoms with van der Waals surface area (Å²) in [5.41, 5.74) is 14.3. The van der Waals surface area contributed by atoms with Gasteiger partial charge in [-0.15, -0.1) is 12.4 Å². The van der Waals surface area contributed by atoms with Gasteiger partial charge in [-0.25, -0.2) is 14.4 Å². The van der Waals surface area contributed by atoms with Gasteiger partial charge in [-0.3, -0.25) is 24.0 Å². The quantitative estimate of drug-likeness (QED) is 0.0294. The normalized spacial score (nSPS) is 13.1. The molecule has 18 nitrogen and oxygen atoms in total. The van der Waals surface area contributed by atoms with Crippen LogP contribution in [0.4, 0.5) is 0 Å². The molecule has 2 aliphatic rings. The largest absolute Gasteiger partial charge is 0.480 e. The highest BCUT2D eigenvalue weighted by atomic mass is 35.5. The minimum atomic E-state index is -1.04. The van der Waals surface area contributed by atoms with Crippen LogP contribution in [0.25, 0.3) is 0 Å². The lowest BCUT2D eigenvalue weighted by molar-refractivity contribution is -0.145. The van der Waals surface area contributed by atoms with E-state index < -0.39 is 42.1 Å². The van der Waals surface area contributed by atoms with Crippen molar-refractivity contribution < 1.29 is 58.0 Å². The Morgan fingerprint density at radius 3 is 1.01 bits per heavy atom. The van der Waals surface area contributed by atoms with Crippen LogP contribution in [0.1, 0.15) is 134 Å². The Kier molecular flexibility index (Phi) is 40.9. The number of carboxylic acid groups (broad SMARTS) is 2. The van der Waals surface area contributed by atoms with Crippen LogP contribution in [0, 0.1) is 0 Å². The molecule has 2 unspecified atom stereocenters. The van der Waals surface area contributed by atoms with Crippen molar-refractivity contribution in [3.63, 3.8) is 0 Å². The molecule has 4 amide bonds. The number of likely N-dealkylation sites (tertiary alicyclic amines) is 1. The van der Waals surface area contributed by atoms with Gasteiger partial charge < -0.3 is 51.6 Å². The van der Waals surface area contributed by atoms with Crippen LogP contribution in [0.3, 0.4) is 0 Å². The maximum absolute atomic E-state index is 13.4. The Hall–Kier alpha value is -11.8. The number of esters is 2. The summed E-state index contributed by atoms with van der Waals surface area (Å²) < 4.78 is 9.87. The summed E-state index contributed by atoms with van der Waals surface area (Å²) in [7, 11) is 0. The van der Waals surface area contributed by atoms with E-state index in [1.54, 1.807) is 111 Å². The molecule has 0 aliphatic carbocycles. The first kappa shape index (κ1) is 88.8. The lowest BCUT2D eigenvalue weighted by Gasteiger charge is -2.34. The summed E-state index contributed by atoms with van der Waals surface area (Å²) in [6.07, 6.45) is 6.15. The lowest BCUT2D eigenvalue weighted by Crippen LogP contribution is -2.51. The first-order valence-electron chi connectivity index (χ1n) is 36.5. The van der Waals surface area contributed by atoms with Crippen LogP contribution in [0.15, 0.2) is 303 Å². The average Bonchev–Trinajstić information content (AvgIpc) is 0.834. The second-order valence-corrected chi connectivity index (χ2v) is 25.5. The average molecular weight is 1510 g/mol. The lowest BCUT2D eigenvalue weighted by atomic mass is 9.89. The van der Waals surface area contributed by atoms with Gasteiger partial charge in [0.25, 0.3) is 17.7 Å².